The van der Waals surface area contributed by atoms with Crippen molar-refractivity contribution >= 4 is 33.4 Å². The first-order valence-corrected chi connectivity index (χ1v) is 4.03. The van der Waals surface area contributed by atoms with Crippen LogP contribution in [0.5, 0.6) is 5.75 Å². The molecule has 5 heteroatoms. The van der Waals surface area contributed by atoms with Gasteiger partial charge in [0.05, 0.1) is 4.70 Å². The lowest BCUT2D eigenvalue weighted by Gasteiger charge is -1.91. The van der Waals surface area contributed by atoms with E-state index >= 15 is 0 Å². The van der Waals surface area contributed by atoms with Gasteiger partial charge in [-0.3, -0.25) is 0 Å². The van der Waals surface area contributed by atoms with Crippen LogP contribution in [0.3, 0.4) is 0 Å². The van der Waals surface area contributed by atoms with Crippen molar-refractivity contribution in [2.45, 2.75) is 0 Å². The Balaban J connectivity index is 2.91. The number of aromatic nitrogens is 2. The molecule has 11 heavy (non-hydrogen) atoms. The Hall–Kier alpha value is -0.870. The number of fused-ring (bicyclic) bond motifs is 1. The standard InChI is InChI=1S/C6H3ClN2OS/c7-3-1-4(10)6-5(2-3)11-9-8-6/h1-2,10H. The molecule has 1 N–H and O–H groups in total. The average Bonchev–Trinajstić information content (AvgIpc) is 2.34. The van der Waals surface area contributed by atoms with Gasteiger partial charge in [-0.2, -0.15) is 0 Å². The number of nitrogens with zero attached hydrogens (tertiary/aromatic N) is 2. The van der Waals surface area contributed by atoms with Crippen LogP contribution in [0.1, 0.15) is 0 Å². The quantitative estimate of drug-likeness (QED) is 0.685. The largest absolute Gasteiger partial charge is 0.506 e. The Morgan fingerprint density at radius 3 is 3.09 bits per heavy atom. The molecule has 1 heterocycles. The maximum absolute atomic E-state index is 9.26. The van der Waals surface area contributed by atoms with Crippen molar-refractivity contribution in [3.05, 3.63) is 17.2 Å². The Bertz CT molecular complexity index is 400. The number of hydrogen-bond donors (Lipinski definition) is 1. The highest BCUT2D eigenvalue weighted by atomic mass is 35.5. The molecule has 0 bridgehead atoms. The number of aromatic hydroxyl groups is 1. The summed E-state index contributed by atoms with van der Waals surface area (Å²) >= 11 is 6.88. The minimum atomic E-state index is 0.0845. The Kier molecular flexibility index (Phi) is 1.44. The van der Waals surface area contributed by atoms with Gasteiger partial charge in [-0.1, -0.05) is 16.1 Å². The fourth-order valence-electron chi connectivity index (χ4n) is 0.836. The van der Waals surface area contributed by atoms with Gasteiger partial charge in [0.1, 0.15) is 11.3 Å². The van der Waals surface area contributed by atoms with Crippen LogP contribution < -0.4 is 0 Å². The van der Waals surface area contributed by atoms with E-state index in [0.717, 1.165) is 4.70 Å². The van der Waals surface area contributed by atoms with Gasteiger partial charge in [-0.25, -0.2) is 0 Å². The predicted molar refractivity (Wildman–Crippen MR) is 44.1 cm³/mol. The molecule has 0 radical (unpaired) electrons. The van der Waals surface area contributed by atoms with Gasteiger partial charge in [-0.15, -0.1) is 5.10 Å². The van der Waals surface area contributed by atoms with E-state index in [0.29, 0.717) is 10.5 Å². The van der Waals surface area contributed by atoms with E-state index in [-0.39, 0.29) is 5.75 Å². The number of phenolic OH excluding ortho intramolecular Hbond substituents is 1. The van der Waals surface area contributed by atoms with E-state index in [2.05, 4.69) is 9.59 Å². The minimum Gasteiger partial charge on any atom is -0.506 e. The SMILES string of the molecule is Oc1cc(Cl)cc2snnc12. The van der Waals surface area contributed by atoms with E-state index in [1.807, 2.05) is 0 Å². The number of benzene rings is 1. The summed E-state index contributed by atoms with van der Waals surface area (Å²) in [5.41, 5.74) is 0.513. The fraction of sp³-hybridized carbons (Fsp3) is 0. The molecule has 0 atom stereocenters. The summed E-state index contributed by atoms with van der Waals surface area (Å²) < 4.78 is 4.48. The predicted octanol–water partition coefficient (Wildman–Crippen LogP) is 2.05. The zero-order valence-corrected chi connectivity index (χ0v) is 6.85. The van der Waals surface area contributed by atoms with Crippen molar-refractivity contribution in [1.29, 1.82) is 0 Å². The first kappa shape index (κ1) is 6.82. The Morgan fingerprint density at radius 1 is 1.45 bits per heavy atom. The molecule has 0 amide bonds. The highest BCUT2D eigenvalue weighted by Gasteiger charge is 2.04. The molecule has 2 rings (SSSR count). The van der Waals surface area contributed by atoms with Crippen LogP contribution in [0.4, 0.5) is 0 Å². The Labute approximate surface area is 71.4 Å². The summed E-state index contributed by atoms with van der Waals surface area (Å²) in [4.78, 5) is 0. The molecule has 56 valence electrons. The van der Waals surface area contributed by atoms with Gasteiger partial charge in [0.15, 0.2) is 0 Å². The van der Waals surface area contributed by atoms with Crippen molar-refractivity contribution in [2.24, 2.45) is 0 Å². The summed E-state index contributed by atoms with van der Waals surface area (Å²) in [6.45, 7) is 0. The van der Waals surface area contributed by atoms with E-state index in [9.17, 15) is 5.11 Å². The van der Waals surface area contributed by atoms with Crippen LogP contribution in [0.25, 0.3) is 10.2 Å². The van der Waals surface area contributed by atoms with Gasteiger partial charge < -0.3 is 5.11 Å². The highest BCUT2D eigenvalue weighted by Crippen LogP contribution is 2.28. The van der Waals surface area contributed by atoms with Gasteiger partial charge in [0.25, 0.3) is 0 Å². The zero-order valence-electron chi connectivity index (χ0n) is 5.28. The molecule has 1 aromatic heterocycles. The lowest BCUT2D eigenvalue weighted by atomic mass is 10.3. The molecular formula is C6H3ClN2OS. The van der Waals surface area contributed by atoms with Crippen molar-refractivity contribution in [2.75, 3.05) is 0 Å². The first-order chi connectivity index (χ1) is 5.27. The molecule has 2 aromatic rings. The van der Waals surface area contributed by atoms with Crippen LogP contribution in [-0.2, 0) is 0 Å². The minimum absolute atomic E-state index is 0.0845. The molecule has 0 spiro atoms. The number of hydrogen-bond acceptors (Lipinski definition) is 4. The monoisotopic (exact) mass is 186 g/mol. The maximum Gasteiger partial charge on any atom is 0.147 e. The molecular weight excluding hydrogens is 184 g/mol. The van der Waals surface area contributed by atoms with Crippen LogP contribution in [0, 0.1) is 0 Å². The fourth-order valence-corrected chi connectivity index (χ4v) is 1.73. The topological polar surface area (TPSA) is 46.0 Å². The second-order valence-corrected chi connectivity index (χ2v) is 3.27. The molecule has 0 unspecified atom stereocenters. The van der Waals surface area contributed by atoms with Crippen molar-refractivity contribution < 1.29 is 5.11 Å². The van der Waals surface area contributed by atoms with Gasteiger partial charge in [0.2, 0.25) is 0 Å². The molecule has 1 aromatic carbocycles. The van der Waals surface area contributed by atoms with Crippen LogP contribution in [0.15, 0.2) is 12.1 Å². The van der Waals surface area contributed by atoms with Crippen molar-refractivity contribution in [3.63, 3.8) is 0 Å². The normalized spacial score (nSPS) is 10.6. The van der Waals surface area contributed by atoms with E-state index in [1.54, 1.807) is 6.07 Å². The van der Waals surface area contributed by atoms with Crippen molar-refractivity contribution in [3.8, 4) is 5.75 Å². The van der Waals surface area contributed by atoms with Crippen molar-refractivity contribution in [1.82, 2.24) is 9.59 Å². The summed E-state index contributed by atoms with van der Waals surface area (Å²) in [5, 5.41) is 13.5. The number of halogens is 1. The molecule has 0 fully saturated rings. The number of phenols is 1. The second-order valence-electron chi connectivity index (χ2n) is 2.04. The molecule has 0 saturated carbocycles. The Morgan fingerprint density at radius 2 is 2.27 bits per heavy atom. The van der Waals surface area contributed by atoms with Gasteiger partial charge in [0, 0.05) is 11.1 Å². The van der Waals surface area contributed by atoms with Gasteiger partial charge in [-0.05, 0) is 17.6 Å². The molecule has 0 aliphatic heterocycles. The van der Waals surface area contributed by atoms with E-state index < -0.39 is 0 Å². The maximum atomic E-state index is 9.26. The van der Waals surface area contributed by atoms with Crippen LogP contribution in [0.2, 0.25) is 5.02 Å². The third-order valence-electron chi connectivity index (χ3n) is 1.30. The second kappa shape index (κ2) is 2.32. The first-order valence-electron chi connectivity index (χ1n) is 2.88. The third-order valence-corrected chi connectivity index (χ3v) is 2.19. The highest BCUT2D eigenvalue weighted by molar-refractivity contribution is 7.13. The van der Waals surface area contributed by atoms with E-state index in [4.69, 9.17) is 11.6 Å². The molecule has 0 saturated heterocycles. The summed E-state index contributed by atoms with van der Waals surface area (Å²) in [6, 6.07) is 3.17. The van der Waals surface area contributed by atoms with E-state index in [1.165, 1.54) is 17.6 Å². The summed E-state index contributed by atoms with van der Waals surface area (Å²) in [6.07, 6.45) is 0. The van der Waals surface area contributed by atoms with Crippen LogP contribution >= 0.6 is 23.1 Å². The molecule has 0 aliphatic carbocycles. The average molecular weight is 187 g/mol. The van der Waals surface area contributed by atoms with Crippen LogP contribution in [-0.4, -0.2) is 14.7 Å². The van der Waals surface area contributed by atoms with Gasteiger partial charge >= 0.3 is 0 Å². The zero-order chi connectivity index (χ0) is 7.84. The summed E-state index contributed by atoms with van der Waals surface area (Å²) in [7, 11) is 0. The lowest BCUT2D eigenvalue weighted by molar-refractivity contribution is 0.480. The molecule has 3 nitrogen and oxygen atoms in total. The lowest BCUT2D eigenvalue weighted by Crippen LogP contribution is -1.70. The third kappa shape index (κ3) is 1.04. The number of rotatable bonds is 0. The summed E-state index contributed by atoms with van der Waals surface area (Å²) in [5.74, 6) is 0.0845. The molecule has 0 aliphatic rings. The smallest absolute Gasteiger partial charge is 0.147 e.